The predicted molar refractivity (Wildman–Crippen MR) is 101 cm³/mol. The van der Waals surface area contributed by atoms with Crippen LogP contribution in [0, 0.1) is 23.0 Å². The van der Waals surface area contributed by atoms with Crippen LogP contribution in [0.25, 0.3) is 0 Å². The summed E-state index contributed by atoms with van der Waals surface area (Å²) < 4.78 is 0. The lowest BCUT2D eigenvalue weighted by Crippen LogP contribution is -2.37. The molecule has 6 nitrogen and oxygen atoms in total. The third kappa shape index (κ3) is 4.26. The zero-order chi connectivity index (χ0) is 18.5. The van der Waals surface area contributed by atoms with Gasteiger partial charge in [0.25, 0.3) is 5.69 Å². The second kappa shape index (κ2) is 8.10. The minimum atomic E-state index is -0.424. The van der Waals surface area contributed by atoms with E-state index in [-0.39, 0.29) is 17.5 Å². The van der Waals surface area contributed by atoms with Crippen LogP contribution in [-0.2, 0) is 11.3 Å². The van der Waals surface area contributed by atoms with Gasteiger partial charge < -0.3 is 5.32 Å². The number of amides is 1. The Labute approximate surface area is 153 Å². The first-order valence-electron chi connectivity index (χ1n) is 8.85. The van der Waals surface area contributed by atoms with E-state index in [0.29, 0.717) is 11.3 Å². The van der Waals surface area contributed by atoms with Gasteiger partial charge in [-0.3, -0.25) is 19.8 Å². The predicted octanol–water partition coefficient (Wildman–Crippen LogP) is 3.75. The molecule has 1 amide bonds. The van der Waals surface area contributed by atoms with E-state index in [1.807, 2.05) is 18.2 Å². The first-order chi connectivity index (χ1) is 12.5. The number of rotatable bonds is 5. The van der Waals surface area contributed by atoms with Gasteiger partial charge in [0, 0.05) is 18.5 Å². The van der Waals surface area contributed by atoms with E-state index < -0.39 is 4.92 Å². The normalized spacial score (nSPS) is 15.6. The Hall–Kier alpha value is -2.73. The van der Waals surface area contributed by atoms with Crippen LogP contribution in [0.2, 0.25) is 0 Å². The fourth-order valence-corrected chi connectivity index (χ4v) is 3.39. The largest absolute Gasteiger partial charge is 0.325 e. The van der Waals surface area contributed by atoms with Gasteiger partial charge in [-0.1, -0.05) is 36.4 Å². The number of nitrogens with one attached hydrogen (secondary N) is 1. The van der Waals surface area contributed by atoms with Gasteiger partial charge in [-0.15, -0.1) is 0 Å². The Balaban J connectivity index is 1.56. The second-order valence-electron chi connectivity index (χ2n) is 6.73. The molecule has 26 heavy (non-hydrogen) atoms. The molecule has 1 saturated heterocycles. The molecule has 1 aliphatic heterocycles. The number of nitro groups is 1. The number of nitro benzene ring substituents is 1. The van der Waals surface area contributed by atoms with Crippen LogP contribution in [0.15, 0.2) is 48.5 Å². The number of carbonyl (C=O) groups excluding carboxylic acids is 1. The standard InChI is InChI=1S/C20H23N3O3/c1-15-18(8-5-9-19(15)23(25)26)21-20(24)17-10-12-22(13-11-17)14-16-6-3-2-4-7-16/h2-9,17H,10-14H2,1H3,(H,21,24). The van der Waals surface area contributed by atoms with E-state index in [1.54, 1.807) is 19.1 Å². The average Bonchev–Trinajstić information content (AvgIpc) is 2.64. The molecule has 0 bridgehead atoms. The Bertz CT molecular complexity index is 784. The number of carbonyl (C=O) groups is 1. The highest BCUT2D eigenvalue weighted by Gasteiger charge is 2.26. The van der Waals surface area contributed by atoms with E-state index in [2.05, 4.69) is 22.3 Å². The Morgan fingerprint density at radius 1 is 1.15 bits per heavy atom. The van der Waals surface area contributed by atoms with E-state index >= 15 is 0 Å². The van der Waals surface area contributed by atoms with Crippen molar-refractivity contribution in [1.29, 1.82) is 0 Å². The summed E-state index contributed by atoms with van der Waals surface area (Å²) in [6.07, 6.45) is 1.60. The van der Waals surface area contributed by atoms with Crippen molar-refractivity contribution in [2.24, 2.45) is 5.92 Å². The van der Waals surface area contributed by atoms with Crippen molar-refractivity contribution in [2.45, 2.75) is 26.3 Å². The molecular formula is C20H23N3O3. The number of hydrogen-bond acceptors (Lipinski definition) is 4. The smallest absolute Gasteiger partial charge is 0.274 e. The minimum absolute atomic E-state index is 0.0282. The molecule has 1 N–H and O–H groups in total. The lowest BCUT2D eigenvalue weighted by molar-refractivity contribution is -0.385. The highest BCUT2D eigenvalue weighted by atomic mass is 16.6. The van der Waals surface area contributed by atoms with Gasteiger partial charge in [0.15, 0.2) is 0 Å². The monoisotopic (exact) mass is 353 g/mol. The van der Waals surface area contributed by atoms with Crippen LogP contribution in [0.4, 0.5) is 11.4 Å². The van der Waals surface area contributed by atoms with Crippen molar-refractivity contribution in [3.8, 4) is 0 Å². The molecule has 1 fully saturated rings. The molecule has 3 rings (SSSR count). The lowest BCUT2D eigenvalue weighted by Gasteiger charge is -2.31. The molecule has 0 aromatic heterocycles. The van der Waals surface area contributed by atoms with Crippen molar-refractivity contribution in [1.82, 2.24) is 4.90 Å². The minimum Gasteiger partial charge on any atom is -0.325 e. The van der Waals surface area contributed by atoms with Gasteiger partial charge >= 0.3 is 0 Å². The van der Waals surface area contributed by atoms with E-state index in [9.17, 15) is 14.9 Å². The van der Waals surface area contributed by atoms with Gasteiger partial charge in [-0.05, 0) is 44.5 Å². The van der Waals surface area contributed by atoms with Gasteiger partial charge in [0.05, 0.1) is 16.2 Å². The molecule has 0 radical (unpaired) electrons. The molecule has 0 saturated carbocycles. The zero-order valence-corrected chi connectivity index (χ0v) is 14.9. The zero-order valence-electron chi connectivity index (χ0n) is 14.9. The maximum absolute atomic E-state index is 12.6. The number of likely N-dealkylation sites (tertiary alicyclic amines) is 1. The summed E-state index contributed by atoms with van der Waals surface area (Å²) in [6, 6.07) is 15.1. The summed E-state index contributed by atoms with van der Waals surface area (Å²) >= 11 is 0. The summed E-state index contributed by atoms with van der Waals surface area (Å²) in [4.78, 5) is 25.5. The fraction of sp³-hybridized carbons (Fsp3) is 0.350. The van der Waals surface area contributed by atoms with Crippen molar-refractivity contribution >= 4 is 17.3 Å². The Morgan fingerprint density at radius 2 is 1.85 bits per heavy atom. The summed E-state index contributed by atoms with van der Waals surface area (Å²) in [5, 5.41) is 13.9. The van der Waals surface area contributed by atoms with Crippen molar-refractivity contribution in [2.75, 3.05) is 18.4 Å². The third-order valence-corrected chi connectivity index (χ3v) is 4.97. The molecule has 6 heteroatoms. The number of hydrogen-bond donors (Lipinski definition) is 1. The van der Waals surface area contributed by atoms with E-state index in [0.717, 1.165) is 32.5 Å². The first-order valence-corrected chi connectivity index (χ1v) is 8.85. The van der Waals surface area contributed by atoms with Gasteiger partial charge in [-0.25, -0.2) is 0 Å². The summed E-state index contributed by atoms with van der Waals surface area (Å²) in [5.41, 5.74) is 2.33. The maximum atomic E-state index is 12.6. The van der Waals surface area contributed by atoms with Crippen LogP contribution >= 0.6 is 0 Å². The van der Waals surface area contributed by atoms with Crippen LogP contribution in [0.1, 0.15) is 24.0 Å². The van der Waals surface area contributed by atoms with Crippen molar-refractivity contribution in [3.63, 3.8) is 0 Å². The fourth-order valence-electron chi connectivity index (χ4n) is 3.39. The van der Waals surface area contributed by atoms with E-state index in [1.165, 1.54) is 11.6 Å². The number of anilines is 1. The van der Waals surface area contributed by atoms with Crippen LogP contribution < -0.4 is 5.32 Å². The summed E-state index contributed by atoms with van der Waals surface area (Å²) in [5.74, 6) is -0.103. The third-order valence-electron chi connectivity index (χ3n) is 4.97. The van der Waals surface area contributed by atoms with Crippen LogP contribution in [0.3, 0.4) is 0 Å². The SMILES string of the molecule is Cc1c(NC(=O)C2CCN(Cc3ccccc3)CC2)cccc1[N+](=O)[O-]. The molecule has 0 unspecified atom stereocenters. The van der Waals surface area contributed by atoms with Crippen LogP contribution in [-0.4, -0.2) is 28.8 Å². The highest BCUT2D eigenvalue weighted by Crippen LogP contribution is 2.27. The van der Waals surface area contributed by atoms with Gasteiger partial charge in [0.2, 0.25) is 5.91 Å². The maximum Gasteiger partial charge on any atom is 0.274 e. The molecule has 136 valence electrons. The van der Waals surface area contributed by atoms with E-state index in [4.69, 9.17) is 0 Å². The number of nitrogens with zero attached hydrogens (tertiary/aromatic N) is 2. The Kier molecular flexibility index (Phi) is 5.63. The average molecular weight is 353 g/mol. The molecule has 1 heterocycles. The molecular weight excluding hydrogens is 330 g/mol. The van der Waals surface area contributed by atoms with Gasteiger partial charge in [0.1, 0.15) is 0 Å². The van der Waals surface area contributed by atoms with Crippen LogP contribution in [0.5, 0.6) is 0 Å². The molecule has 0 spiro atoms. The molecule has 0 atom stereocenters. The highest BCUT2D eigenvalue weighted by molar-refractivity contribution is 5.93. The number of benzene rings is 2. The van der Waals surface area contributed by atoms with Crippen molar-refractivity contribution in [3.05, 3.63) is 69.8 Å². The van der Waals surface area contributed by atoms with Crippen molar-refractivity contribution < 1.29 is 9.72 Å². The Morgan fingerprint density at radius 3 is 2.50 bits per heavy atom. The lowest BCUT2D eigenvalue weighted by atomic mass is 9.95. The quantitative estimate of drug-likeness (QED) is 0.656. The first kappa shape index (κ1) is 18.1. The second-order valence-corrected chi connectivity index (χ2v) is 6.73. The molecule has 2 aromatic rings. The summed E-state index contributed by atoms with van der Waals surface area (Å²) in [6.45, 7) is 4.32. The topological polar surface area (TPSA) is 75.5 Å². The number of piperidine rings is 1. The molecule has 0 aliphatic carbocycles. The molecule has 1 aliphatic rings. The molecule has 2 aromatic carbocycles. The van der Waals surface area contributed by atoms with Gasteiger partial charge in [-0.2, -0.15) is 0 Å². The summed E-state index contributed by atoms with van der Waals surface area (Å²) in [7, 11) is 0.